The van der Waals surface area contributed by atoms with Gasteiger partial charge in [-0.25, -0.2) is 12.1 Å². The van der Waals surface area contributed by atoms with E-state index in [9.17, 15) is 0 Å². The van der Waals surface area contributed by atoms with Gasteiger partial charge >= 0.3 is 0 Å². The van der Waals surface area contributed by atoms with E-state index in [1.54, 1.807) is 6.20 Å². The summed E-state index contributed by atoms with van der Waals surface area (Å²) in [6.45, 7) is 4.25. The predicted molar refractivity (Wildman–Crippen MR) is 37.2 cm³/mol. The third kappa shape index (κ3) is 2.89. The molecule has 1 nitrogen and oxygen atoms in total. The van der Waals surface area contributed by atoms with Crippen molar-refractivity contribution in [1.82, 2.24) is 4.98 Å². The van der Waals surface area contributed by atoms with Gasteiger partial charge in [0.05, 0.1) is 0 Å². The largest absolute Gasteiger partial charge is 0.300 e. The van der Waals surface area contributed by atoms with Gasteiger partial charge < -0.3 is 4.98 Å². The summed E-state index contributed by atoms with van der Waals surface area (Å²) in [6, 6.07) is 6.76. The van der Waals surface area contributed by atoms with E-state index in [2.05, 4.69) is 24.9 Å². The van der Waals surface area contributed by atoms with Gasteiger partial charge in [0.25, 0.3) is 0 Å². The normalized spacial score (nSPS) is 9.10. The number of nitrogens with zero attached hydrogens (tertiary/aromatic N) is 1. The van der Waals surface area contributed by atoms with Crippen LogP contribution in [0, 0.1) is 6.07 Å². The third-order valence-electron chi connectivity index (χ3n) is 1.23. The van der Waals surface area contributed by atoms with Crippen LogP contribution >= 0.6 is 0 Å². The number of hydrogen-bond acceptors (Lipinski definition) is 1. The molecule has 51 valence electrons. The molecule has 1 aromatic heterocycles. The first kappa shape index (κ1) is 10.3. The molecule has 0 aliphatic carbocycles. The first-order valence-corrected chi connectivity index (χ1v) is 3.12. The van der Waals surface area contributed by atoms with Crippen LogP contribution < -0.4 is 0 Å². The Balaban J connectivity index is 0.000000810. The van der Waals surface area contributed by atoms with Crippen molar-refractivity contribution >= 4 is 0 Å². The first-order valence-electron chi connectivity index (χ1n) is 3.12. The van der Waals surface area contributed by atoms with Crippen LogP contribution in [0.4, 0.5) is 0 Å². The number of aromatic nitrogens is 1. The van der Waals surface area contributed by atoms with Crippen molar-refractivity contribution in [2.75, 3.05) is 0 Å². The van der Waals surface area contributed by atoms with E-state index >= 15 is 0 Å². The van der Waals surface area contributed by atoms with Gasteiger partial charge in [-0.1, -0.05) is 20.0 Å². The summed E-state index contributed by atoms with van der Waals surface area (Å²) in [5.74, 6) is 0.527. The van der Waals surface area contributed by atoms with E-state index in [1.165, 1.54) is 0 Å². The predicted octanol–water partition coefficient (Wildman–Crippen LogP) is 2.00. The van der Waals surface area contributed by atoms with Crippen LogP contribution in [0.5, 0.6) is 0 Å². The second kappa shape index (κ2) is 4.98. The molecule has 0 N–H and O–H groups in total. The Morgan fingerprint density at radius 2 is 2.20 bits per heavy atom. The van der Waals surface area contributed by atoms with E-state index in [4.69, 9.17) is 0 Å². The maximum absolute atomic E-state index is 4.12. The Labute approximate surface area is 87.1 Å². The fourth-order valence-corrected chi connectivity index (χ4v) is 0.673. The summed E-state index contributed by atoms with van der Waals surface area (Å²) in [5.41, 5.74) is 1.13. The number of rotatable bonds is 1. The molecule has 0 atom stereocenters. The van der Waals surface area contributed by atoms with Gasteiger partial charge in [0.15, 0.2) is 0 Å². The Bertz CT molecular complexity index is 172. The molecule has 0 bridgehead atoms. The van der Waals surface area contributed by atoms with E-state index in [1.807, 2.05) is 12.1 Å². The molecule has 1 rings (SSSR count). The van der Waals surface area contributed by atoms with Gasteiger partial charge in [-0.15, -0.1) is 0 Å². The molecule has 0 saturated heterocycles. The average molecular weight is 209 g/mol. The molecule has 1 aromatic rings. The minimum absolute atomic E-state index is 0. The number of hydrogen-bond donors (Lipinski definition) is 0. The molecular weight excluding hydrogens is 199 g/mol. The minimum Gasteiger partial charge on any atom is -0.300 e. The van der Waals surface area contributed by atoms with Crippen molar-refractivity contribution in [1.29, 1.82) is 0 Å². The zero-order valence-electron chi connectivity index (χ0n) is 6.33. The van der Waals surface area contributed by atoms with E-state index < -0.39 is 0 Å². The molecule has 0 aliphatic heterocycles. The van der Waals surface area contributed by atoms with Gasteiger partial charge in [-0.3, -0.25) is 0 Å². The third-order valence-corrected chi connectivity index (χ3v) is 1.23. The number of pyridine rings is 1. The Morgan fingerprint density at radius 3 is 2.50 bits per heavy atom. The van der Waals surface area contributed by atoms with Crippen molar-refractivity contribution in [3.8, 4) is 0 Å². The molecule has 0 aromatic carbocycles. The van der Waals surface area contributed by atoms with Crippen LogP contribution in [0.1, 0.15) is 25.5 Å². The fraction of sp³-hybridized carbons (Fsp3) is 0.375. The summed E-state index contributed by atoms with van der Waals surface area (Å²) < 4.78 is 0. The van der Waals surface area contributed by atoms with Crippen LogP contribution in [-0.2, 0) is 32.7 Å². The molecular formula is C8H10NY-. The Hall–Kier alpha value is 0.254. The van der Waals surface area contributed by atoms with Gasteiger partial charge in [0.2, 0.25) is 0 Å². The topological polar surface area (TPSA) is 12.9 Å². The zero-order chi connectivity index (χ0) is 6.69. The van der Waals surface area contributed by atoms with Crippen molar-refractivity contribution in [3.05, 3.63) is 30.1 Å². The van der Waals surface area contributed by atoms with E-state index in [0.29, 0.717) is 5.92 Å². The van der Waals surface area contributed by atoms with E-state index in [0.717, 1.165) is 5.69 Å². The minimum atomic E-state index is 0. The summed E-state index contributed by atoms with van der Waals surface area (Å²) in [4.78, 5) is 4.12. The van der Waals surface area contributed by atoms with Crippen LogP contribution in [0.3, 0.4) is 0 Å². The molecule has 1 heterocycles. The molecule has 0 saturated carbocycles. The van der Waals surface area contributed by atoms with Gasteiger partial charge in [-0.2, -0.15) is 6.07 Å². The zero-order valence-corrected chi connectivity index (χ0v) is 9.17. The average Bonchev–Trinajstić information content (AvgIpc) is 1.90. The smallest absolute Gasteiger partial charge is 0 e. The summed E-state index contributed by atoms with van der Waals surface area (Å²) in [6.07, 6.45) is 1.70. The molecule has 0 aliphatic rings. The monoisotopic (exact) mass is 209 g/mol. The molecule has 10 heavy (non-hydrogen) atoms. The maximum atomic E-state index is 4.12. The molecule has 1 radical (unpaired) electrons. The second-order valence-corrected chi connectivity index (χ2v) is 2.34. The molecule has 0 fully saturated rings. The summed E-state index contributed by atoms with van der Waals surface area (Å²) in [7, 11) is 0. The van der Waals surface area contributed by atoms with Gasteiger partial charge in [0, 0.05) is 32.7 Å². The van der Waals surface area contributed by atoms with Crippen LogP contribution in [0.2, 0.25) is 0 Å². The summed E-state index contributed by atoms with van der Waals surface area (Å²) in [5, 5.41) is 0. The van der Waals surface area contributed by atoms with Gasteiger partial charge in [-0.05, 0) is 11.6 Å². The maximum Gasteiger partial charge on any atom is 0 e. The van der Waals surface area contributed by atoms with Crippen molar-refractivity contribution in [3.63, 3.8) is 0 Å². The van der Waals surface area contributed by atoms with Gasteiger partial charge in [0.1, 0.15) is 0 Å². The first-order chi connectivity index (χ1) is 4.30. The quantitative estimate of drug-likeness (QED) is 0.644. The molecule has 0 amide bonds. The standard InChI is InChI=1S/C8H10N.Y/c1-7(2)8-5-3-4-6-9-8;/h3,5-7H,1-2H3;/q-1;. The second-order valence-electron chi connectivity index (χ2n) is 2.34. The molecule has 2 heteroatoms. The van der Waals surface area contributed by atoms with E-state index in [-0.39, 0.29) is 32.7 Å². The SMILES string of the molecule is CC(C)c1cc[c-]cn1.[Y]. The Kier molecular flexibility index (Phi) is 5.10. The molecule has 0 unspecified atom stereocenters. The summed E-state index contributed by atoms with van der Waals surface area (Å²) >= 11 is 0. The fourth-order valence-electron chi connectivity index (χ4n) is 0.673. The van der Waals surface area contributed by atoms with Crippen molar-refractivity contribution in [2.45, 2.75) is 19.8 Å². The van der Waals surface area contributed by atoms with Crippen LogP contribution in [0.25, 0.3) is 0 Å². The van der Waals surface area contributed by atoms with Crippen LogP contribution in [0.15, 0.2) is 18.3 Å². The van der Waals surface area contributed by atoms with Crippen molar-refractivity contribution < 1.29 is 32.7 Å². The molecule has 0 spiro atoms. The Morgan fingerprint density at radius 1 is 1.50 bits per heavy atom. The van der Waals surface area contributed by atoms with Crippen LogP contribution in [-0.4, -0.2) is 4.98 Å². The van der Waals surface area contributed by atoms with Crippen molar-refractivity contribution in [2.24, 2.45) is 0 Å².